The second-order valence-corrected chi connectivity index (χ2v) is 12.3. The van der Waals surface area contributed by atoms with Crippen LogP contribution in [0.25, 0.3) is 0 Å². The van der Waals surface area contributed by atoms with E-state index in [9.17, 15) is 13.2 Å². The van der Waals surface area contributed by atoms with E-state index in [4.69, 9.17) is 9.47 Å². The Kier molecular flexibility index (Phi) is 5.75. The summed E-state index contributed by atoms with van der Waals surface area (Å²) in [5.41, 5.74) is 0.550. The molecule has 176 valence electrons. The highest BCUT2D eigenvalue weighted by molar-refractivity contribution is 7.89. The van der Waals surface area contributed by atoms with Gasteiger partial charge in [-0.05, 0) is 86.8 Å². The lowest BCUT2D eigenvalue weighted by molar-refractivity contribution is -0.0688. The summed E-state index contributed by atoms with van der Waals surface area (Å²) in [4.78, 5) is 13.3. The molecule has 1 aliphatic heterocycles. The number of nitrogens with one attached hydrogen (secondary N) is 1. The maximum absolute atomic E-state index is 13.3. The lowest BCUT2D eigenvalue weighted by Gasteiger charge is -2.59. The van der Waals surface area contributed by atoms with E-state index in [1.807, 2.05) is 0 Å². The first kappa shape index (κ1) is 22.2. The van der Waals surface area contributed by atoms with Crippen molar-refractivity contribution in [3.63, 3.8) is 0 Å². The summed E-state index contributed by atoms with van der Waals surface area (Å²) in [5.74, 6) is 2.47. The van der Waals surface area contributed by atoms with Gasteiger partial charge in [0.05, 0.1) is 20.3 Å². The largest absolute Gasteiger partial charge is 0.495 e. The minimum absolute atomic E-state index is 0.0389. The van der Waals surface area contributed by atoms with Gasteiger partial charge in [0.1, 0.15) is 10.6 Å². The van der Waals surface area contributed by atoms with Crippen LogP contribution in [0.1, 0.15) is 55.8 Å². The molecule has 4 bridgehead atoms. The Hall–Kier alpha value is -1.64. The number of amides is 1. The van der Waals surface area contributed by atoms with Crippen LogP contribution in [0.4, 0.5) is 0 Å². The second kappa shape index (κ2) is 8.29. The van der Waals surface area contributed by atoms with Gasteiger partial charge in [0.15, 0.2) is 0 Å². The molecule has 5 fully saturated rings. The van der Waals surface area contributed by atoms with E-state index in [0.29, 0.717) is 31.9 Å². The molecule has 1 saturated heterocycles. The highest BCUT2D eigenvalue weighted by Gasteiger charge is 2.53. The van der Waals surface area contributed by atoms with Gasteiger partial charge in [-0.25, -0.2) is 8.42 Å². The quantitative estimate of drug-likeness (QED) is 0.702. The normalized spacial score (nSPS) is 33.1. The van der Waals surface area contributed by atoms with Crippen LogP contribution in [0.5, 0.6) is 5.75 Å². The van der Waals surface area contributed by atoms with Crippen LogP contribution >= 0.6 is 0 Å². The van der Waals surface area contributed by atoms with Crippen LogP contribution in [0, 0.1) is 23.2 Å². The third-order valence-electron chi connectivity index (χ3n) is 8.37. The van der Waals surface area contributed by atoms with Crippen LogP contribution in [0.2, 0.25) is 0 Å². The molecule has 0 spiro atoms. The van der Waals surface area contributed by atoms with Gasteiger partial charge in [-0.15, -0.1) is 0 Å². The molecule has 7 nitrogen and oxygen atoms in total. The summed E-state index contributed by atoms with van der Waals surface area (Å²) in [6.07, 6.45) is 7.71. The van der Waals surface area contributed by atoms with Crippen molar-refractivity contribution < 1.29 is 22.7 Å². The molecule has 0 aromatic heterocycles. The average Bonchev–Trinajstić information content (AvgIpc) is 2.78. The highest BCUT2D eigenvalue weighted by atomic mass is 32.2. The predicted molar refractivity (Wildman–Crippen MR) is 120 cm³/mol. The molecule has 8 heteroatoms. The number of nitrogens with zero attached hydrogens (tertiary/aromatic N) is 1. The third kappa shape index (κ3) is 3.84. The maximum atomic E-state index is 13.3. The summed E-state index contributed by atoms with van der Waals surface area (Å²) in [7, 11) is -2.33. The van der Waals surface area contributed by atoms with Crippen LogP contribution < -0.4 is 10.1 Å². The highest BCUT2D eigenvalue weighted by Crippen LogP contribution is 2.61. The zero-order valence-electron chi connectivity index (χ0n) is 19.0. The zero-order valence-corrected chi connectivity index (χ0v) is 19.8. The first-order valence-corrected chi connectivity index (χ1v) is 13.3. The summed E-state index contributed by atoms with van der Waals surface area (Å²) in [6, 6.07) is 4.77. The predicted octanol–water partition coefficient (Wildman–Crippen LogP) is 3.05. The molecule has 0 radical (unpaired) electrons. The number of benzene rings is 1. The standard InChI is InChI=1S/C24H34N2O5S/c1-16(24-13-17-9-18(14-24)11-19(10-17)15-24)25-23(27)20-3-4-21(30-2)22(12-20)32(28,29)26-5-7-31-8-6-26/h3-4,12,16-19H,5-11,13-15H2,1-2H3,(H,25,27)/t16-,17?,18?,19?,24?/m0/s1. The van der Waals surface area contributed by atoms with Crippen molar-refractivity contribution in [2.24, 2.45) is 23.2 Å². The number of morpholine rings is 1. The van der Waals surface area contributed by atoms with Gasteiger partial charge in [-0.3, -0.25) is 4.79 Å². The minimum atomic E-state index is -3.78. The van der Waals surface area contributed by atoms with E-state index < -0.39 is 10.0 Å². The molecule has 4 saturated carbocycles. The van der Waals surface area contributed by atoms with Crippen LogP contribution in [-0.2, 0) is 14.8 Å². The number of carbonyl (C=O) groups is 1. The van der Waals surface area contributed by atoms with Crippen molar-refractivity contribution in [3.05, 3.63) is 23.8 Å². The number of rotatable bonds is 6. The first-order valence-electron chi connectivity index (χ1n) is 11.9. The second-order valence-electron chi connectivity index (χ2n) is 10.4. The number of carbonyl (C=O) groups excluding carboxylic acids is 1. The van der Waals surface area contributed by atoms with E-state index in [0.717, 1.165) is 17.8 Å². The summed E-state index contributed by atoms with van der Waals surface area (Å²) < 4.78 is 38.5. The maximum Gasteiger partial charge on any atom is 0.251 e. The van der Waals surface area contributed by atoms with Crippen LogP contribution in [-0.4, -0.2) is 58.1 Å². The van der Waals surface area contributed by atoms with Crippen LogP contribution in [0.3, 0.4) is 0 Å². The molecule has 0 unspecified atom stereocenters. The van der Waals surface area contributed by atoms with Crippen molar-refractivity contribution in [3.8, 4) is 5.75 Å². The average molecular weight is 463 g/mol. The Morgan fingerprint density at radius 3 is 2.28 bits per heavy atom. The number of hydrogen-bond donors (Lipinski definition) is 1. The molecule has 1 heterocycles. The molecule has 1 aromatic rings. The Labute approximate surface area is 190 Å². The van der Waals surface area contributed by atoms with Gasteiger partial charge in [-0.2, -0.15) is 4.31 Å². The Morgan fingerprint density at radius 1 is 1.12 bits per heavy atom. The molecule has 32 heavy (non-hydrogen) atoms. The smallest absolute Gasteiger partial charge is 0.251 e. The van der Waals surface area contributed by atoms with Crippen molar-refractivity contribution in [1.82, 2.24) is 9.62 Å². The fourth-order valence-electron chi connectivity index (χ4n) is 7.09. The number of methoxy groups -OCH3 is 1. The van der Waals surface area contributed by atoms with Gasteiger partial charge < -0.3 is 14.8 Å². The Bertz CT molecular complexity index is 951. The van der Waals surface area contributed by atoms with Gasteiger partial charge >= 0.3 is 0 Å². The SMILES string of the molecule is COc1ccc(C(=O)N[C@@H](C)C23CC4CC(CC(C4)C2)C3)cc1S(=O)(=O)N1CCOCC1. The van der Waals surface area contributed by atoms with E-state index in [-0.39, 0.29) is 28.0 Å². The van der Waals surface area contributed by atoms with Crippen LogP contribution in [0.15, 0.2) is 23.1 Å². The summed E-state index contributed by atoms with van der Waals surface area (Å²) in [5, 5.41) is 3.24. The van der Waals surface area contributed by atoms with E-state index in [1.165, 1.54) is 56.0 Å². The van der Waals surface area contributed by atoms with E-state index in [1.54, 1.807) is 12.1 Å². The molecule has 5 aliphatic rings. The van der Waals surface area contributed by atoms with Gasteiger partial charge in [0.2, 0.25) is 10.0 Å². The van der Waals surface area contributed by atoms with Crippen molar-refractivity contribution >= 4 is 15.9 Å². The molecular weight excluding hydrogens is 428 g/mol. The summed E-state index contributed by atoms with van der Waals surface area (Å²) >= 11 is 0. The fourth-order valence-corrected chi connectivity index (χ4v) is 8.68. The van der Waals surface area contributed by atoms with E-state index in [2.05, 4.69) is 12.2 Å². The van der Waals surface area contributed by atoms with Gasteiger partial charge in [0.25, 0.3) is 5.91 Å². The first-order chi connectivity index (χ1) is 15.3. The molecule has 1 N–H and O–H groups in total. The van der Waals surface area contributed by atoms with Crippen molar-refractivity contribution in [2.45, 2.75) is 56.4 Å². The lowest BCUT2D eigenvalue weighted by atomic mass is 9.48. The molecule has 1 atom stereocenters. The van der Waals surface area contributed by atoms with Crippen molar-refractivity contribution in [2.75, 3.05) is 33.4 Å². The molecule has 4 aliphatic carbocycles. The van der Waals surface area contributed by atoms with Gasteiger partial charge in [0, 0.05) is 24.7 Å². The Balaban J connectivity index is 1.37. The van der Waals surface area contributed by atoms with Gasteiger partial charge in [-0.1, -0.05) is 0 Å². The number of hydrogen-bond acceptors (Lipinski definition) is 5. The number of sulfonamides is 1. The lowest BCUT2D eigenvalue weighted by Crippen LogP contribution is -2.55. The zero-order chi connectivity index (χ0) is 22.5. The van der Waals surface area contributed by atoms with E-state index >= 15 is 0 Å². The number of ether oxygens (including phenoxy) is 2. The fraction of sp³-hybridized carbons (Fsp3) is 0.708. The topological polar surface area (TPSA) is 84.9 Å². The molecule has 1 aromatic carbocycles. The molecule has 6 rings (SSSR count). The molecule has 1 amide bonds. The monoisotopic (exact) mass is 462 g/mol. The minimum Gasteiger partial charge on any atom is -0.495 e. The van der Waals surface area contributed by atoms with Crippen molar-refractivity contribution in [1.29, 1.82) is 0 Å². The Morgan fingerprint density at radius 2 is 1.72 bits per heavy atom. The third-order valence-corrected chi connectivity index (χ3v) is 10.3. The molecular formula is C24H34N2O5S. The summed E-state index contributed by atoms with van der Waals surface area (Å²) in [6.45, 7) is 3.46.